The predicted molar refractivity (Wildman–Crippen MR) is 20.3 cm³/mol. The molecule has 0 rings (SSSR count). The zero-order chi connectivity index (χ0) is 5.70. The molecule has 0 heterocycles. The number of hydrogen-bond donors (Lipinski definition) is 2. The Labute approximate surface area is 40.1 Å². The molecule has 1 unspecified atom stereocenters. The van der Waals surface area contributed by atoms with Crippen molar-refractivity contribution in [3.63, 3.8) is 0 Å². The SMILES string of the molecule is NOCC(F)ON. The van der Waals surface area contributed by atoms with Crippen molar-refractivity contribution < 1.29 is 14.1 Å². The zero-order valence-corrected chi connectivity index (χ0v) is 3.63. The van der Waals surface area contributed by atoms with Gasteiger partial charge in [-0.3, -0.25) is 9.68 Å². The summed E-state index contributed by atoms with van der Waals surface area (Å²) in [6, 6.07) is 0. The van der Waals surface area contributed by atoms with Crippen LogP contribution in [0.3, 0.4) is 0 Å². The van der Waals surface area contributed by atoms with Gasteiger partial charge in [-0.05, 0) is 0 Å². The van der Waals surface area contributed by atoms with Gasteiger partial charge in [0.1, 0.15) is 6.61 Å². The molecule has 7 heavy (non-hydrogen) atoms. The average Bonchev–Trinajstić information content (AvgIpc) is 1.68. The summed E-state index contributed by atoms with van der Waals surface area (Å²) in [7, 11) is 0. The monoisotopic (exact) mass is 110 g/mol. The Kier molecular flexibility index (Phi) is 3.81. The van der Waals surface area contributed by atoms with Gasteiger partial charge in [-0.1, -0.05) is 0 Å². The summed E-state index contributed by atoms with van der Waals surface area (Å²) in [4.78, 5) is 7.43. The van der Waals surface area contributed by atoms with Crippen molar-refractivity contribution in [3.05, 3.63) is 0 Å². The largest absolute Gasteiger partial charge is 0.299 e. The van der Waals surface area contributed by atoms with Crippen LogP contribution in [0.15, 0.2) is 0 Å². The van der Waals surface area contributed by atoms with E-state index < -0.39 is 6.36 Å². The Morgan fingerprint density at radius 3 is 2.29 bits per heavy atom. The van der Waals surface area contributed by atoms with Crippen LogP contribution in [0, 0.1) is 0 Å². The fourth-order valence-corrected chi connectivity index (χ4v) is 0.115. The van der Waals surface area contributed by atoms with Crippen LogP contribution in [0.25, 0.3) is 0 Å². The Bertz CT molecular complexity index is 44.7. The van der Waals surface area contributed by atoms with E-state index in [1.54, 1.807) is 0 Å². The van der Waals surface area contributed by atoms with Gasteiger partial charge in [0.25, 0.3) is 0 Å². The quantitative estimate of drug-likeness (QED) is 0.460. The molecule has 0 aromatic rings. The van der Waals surface area contributed by atoms with E-state index in [0.717, 1.165) is 0 Å². The lowest BCUT2D eigenvalue weighted by Gasteiger charge is -1.99. The third-order valence-corrected chi connectivity index (χ3v) is 0.375. The molecule has 4 N–H and O–H groups in total. The van der Waals surface area contributed by atoms with Crippen molar-refractivity contribution in [2.75, 3.05) is 6.61 Å². The summed E-state index contributed by atoms with van der Waals surface area (Å²) >= 11 is 0. The molecule has 0 aliphatic carbocycles. The molecule has 0 saturated carbocycles. The first-order valence-electron chi connectivity index (χ1n) is 1.62. The van der Waals surface area contributed by atoms with Gasteiger partial charge in [-0.25, -0.2) is 16.2 Å². The molecule has 0 aliphatic rings. The van der Waals surface area contributed by atoms with Crippen molar-refractivity contribution in [2.45, 2.75) is 6.36 Å². The molecule has 0 bridgehead atoms. The summed E-state index contributed by atoms with van der Waals surface area (Å²) < 4.78 is 11.6. The lowest BCUT2D eigenvalue weighted by atomic mass is 10.7. The first kappa shape index (κ1) is 6.77. The van der Waals surface area contributed by atoms with E-state index in [0.29, 0.717) is 0 Å². The van der Waals surface area contributed by atoms with Gasteiger partial charge in [0, 0.05) is 0 Å². The highest BCUT2D eigenvalue weighted by Crippen LogP contribution is 1.85. The average molecular weight is 110 g/mol. The summed E-state index contributed by atoms with van der Waals surface area (Å²) in [6.45, 7) is -0.337. The van der Waals surface area contributed by atoms with E-state index in [-0.39, 0.29) is 6.61 Å². The lowest BCUT2D eigenvalue weighted by molar-refractivity contribution is -0.0911. The van der Waals surface area contributed by atoms with Gasteiger partial charge >= 0.3 is 0 Å². The van der Waals surface area contributed by atoms with Crippen molar-refractivity contribution >= 4 is 0 Å². The van der Waals surface area contributed by atoms with E-state index in [1.807, 2.05) is 0 Å². The van der Waals surface area contributed by atoms with Gasteiger partial charge in [0.15, 0.2) is 0 Å². The van der Waals surface area contributed by atoms with E-state index in [4.69, 9.17) is 0 Å². The highest BCUT2D eigenvalue weighted by atomic mass is 19.1. The maximum Gasteiger partial charge on any atom is 0.242 e. The molecule has 0 radical (unpaired) electrons. The van der Waals surface area contributed by atoms with Crippen molar-refractivity contribution in [3.8, 4) is 0 Å². The molecule has 0 aliphatic heterocycles. The normalized spacial score (nSPS) is 14.1. The molecular formula is C2H7FN2O2. The molecule has 4 nitrogen and oxygen atoms in total. The first-order valence-corrected chi connectivity index (χ1v) is 1.62. The highest BCUT2D eigenvalue weighted by Gasteiger charge is 2.00. The van der Waals surface area contributed by atoms with Crippen LogP contribution in [-0.2, 0) is 9.68 Å². The molecule has 0 aromatic heterocycles. The summed E-state index contributed by atoms with van der Waals surface area (Å²) in [5, 5.41) is 0. The Morgan fingerprint density at radius 2 is 2.14 bits per heavy atom. The Hall–Kier alpha value is -0.230. The van der Waals surface area contributed by atoms with Gasteiger partial charge in [0.2, 0.25) is 6.36 Å². The van der Waals surface area contributed by atoms with Crippen LogP contribution in [0.2, 0.25) is 0 Å². The number of halogens is 1. The van der Waals surface area contributed by atoms with Crippen LogP contribution in [-0.4, -0.2) is 13.0 Å². The smallest absolute Gasteiger partial charge is 0.242 e. The van der Waals surface area contributed by atoms with Gasteiger partial charge in [-0.2, -0.15) is 0 Å². The summed E-state index contributed by atoms with van der Waals surface area (Å²) in [5.74, 6) is 8.78. The highest BCUT2D eigenvalue weighted by molar-refractivity contribution is 4.28. The summed E-state index contributed by atoms with van der Waals surface area (Å²) in [6.07, 6.45) is -1.62. The minimum Gasteiger partial charge on any atom is -0.299 e. The van der Waals surface area contributed by atoms with Crippen LogP contribution >= 0.6 is 0 Å². The van der Waals surface area contributed by atoms with Crippen molar-refractivity contribution in [1.29, 1.82) is 0 Å². The number of hydrogen-bond acceptors (Lipinski definition) is 4. The zero-order valence-electron chi connectivity index (χ0n) is 3.63. The predicted octanol–water partition coefficient (Wildman–Crippen LogP) is -0.937. The van der Waals surface area contributed by atoms with Gasteiger partial charge < -0.3 is 0 Å². The molecule has 0 fully saturated rings. The maximum atomic E-state index is 11.6. The second-order valence-corrected chi connectivity index (χ2v) is 0.879. The second-order valence-electron chi connectivity index (χ2n) is 0.879. The van der Waals surface area contributed by atoms with E-state index >= 15 is 0 Å². The Morgan fingerprint density at radius 1 is 1.57 bits per heavy atom. The van der Waals surface area contributed by atoms with Crippen LogP contribution in [0.1, 0.15) is 0 Å². The number of rotatable bonds is 3. The molecule has 44 valence electrons. The Balaban J connectivity index is 2.83. The van der Waals surface area contributed by atoms with Crippen LogP contribution < -0.4 is 11.8 Å². The third kappa shape index (κ3) is 3.60. The van der Waals surface area contributed by atoms with Crippen molar-refractivity contribution in [1.82, 2.24) is 0 Å². The first-order chi connectivity index (χ1) is 3.31. The molecule has 0 aromatic carbocycles. The topological polar surface area (TPSA) is 70.5 Å². The number of alkyl halides is 1. The van der Waals surface area contributed by atoms with Crippen LogP contribution in [0.4, 0.5) is 4.39 Å². The molecule has 0 saturated heterocycles. The number of nitrogens with two attached hydrogens (primary N) is 2. The molecule has 0 amide bonds. The van der Waals surface area contributed by atoms with E-state index in [1.165, 1.54) is 0 Å². The third-order valence-electron chi connectivity index (χ3n) is 0.375. The minimum atomic E-state index is -1.62. The standard InChI is InChI=1S/C2H7FN2O2/c3-2(7-5)1-6-4/h2H,1,4-5H2. The maximum absolute atomic E-state index is 11.6. The molecule has 1 atom stereocenters. The van der Waals surface area contributed by atoms with Gasteiger partial charge in [0.05, 0.1) is 0 Å². The minimum absolute atomic E-state index is 0.337. The fraction of sp³-hybridized carbons (Fsp3) is 1.00. The molecule has 5 heteroatoms. The molecule has 0 spiro atoms. The van der Waals surface area contributed by atoms with Crippen LogP contribution in [0.5, 0.6) is 0 Å². The van der Waals surface area contributed by atoms with E-state index in [9.17, 15) is 4.39 Å². The molecular weight excluding hydrogens is 103 g/mol. The second kappa shape index (κ2) is 3.94. The van der Waals surface area contributed by atoms with Gasteiger partial charge in [-0.15, -0.1) is 0 Å². The van der Waals surface area contributed by atoms with E-state index in [2.05, 4.69) is 21.5 Å². The fourth-order valence-electron chi connectivity index (χ4n) is 0.115. The lowest BCUT2D eigenvalue weighted by Crippen LogP contribution is -2.20. The van der Waals surface area contributed by atoms with Crippen molar-refractivity contribution in [2.24, 2.45) is 11.8 Å². The summed E-state index contributed by atoms with van der Waals surface area (Å²) in [5.41, 5.74) is 0.